The first kappa shape index (κ1) is 16.2. The predicted molar refractivity (Wildman–Crippen MR) is 91.8 cm³/mol. The van der Waals surface area contributed by atoms with Crippen LogP contribution in [0.1, 0.15) is 23.6 Å². The van der Waals surface area contributed by atoms with Gasteiger partial charge >= 0.3 is 0 Å². The molecule has 2 atom stereocenters. The molecule has 0 bridgehead atoms. The second-order valence-electron chi connectivity index (χ2n) is 6.67. The number of rotatable bonds is 5. The number of fused-ring (bicyclic) bond motifs is 1. The van der Waals surface area contributed by atoms with Gasteiger partial charge in [0.2, 0.25) is 6.79 Å². The molecular formula is C19H16F2N4O2. The van der Waals surface area contributed by atoms with Crippen molar-refractivity contribution < 1.29 is 18.3 Å². The van der Waals surface area contributed by atoms with Gasteiger partial charge in [0.1, 0.15) is 5.69 Å². The summed E-state index contributed by atoms with van der Waals surface area (Å²) in [6, 6.07) is 9.91. The summed E-state index contributed by atoms with van der Waals surface area (Å²) >= 11 is 0. The highest BCUT2D eigenvalue weighted by atomic mass is 19.2. The van der Waals surface area contributed by atoms with Crippen LogP contribution in [0.5, 0.6) is 11.5 Å². The van der Waals surface area contributed by atoms with Gasteiger partial charge < -0.3 is 14.8 Å². The van der Waals surface area contributed by atoms with Crippen LogP contribution in [0, 0.1) is 11.6 Å². The summed E-state index contributed by atoms with van der Waals surface area (Å²) in [7, 11) is 0. The number of benzene rings is 2. The molecule has 0 unspecified atom stereocenters. The summed E-state index contributed by atoms with van der Waals surface area (Å²) in [4.78, 5) is 0. The Kier molecular flexibility index (Phi) is 3.78. The normalized spacial score (nSPS) is 20.1. The van der Waals surface area contributed by atoms with Crippen molar-refractivity contribution in [3.8, 4) is 17.2 Å². The Balaban J connectivity index is 1.24. The van der Waals surface area contributed by atoms with Crippen LogP contribution in [0.3, 0.4) is 0 Å². The van der Waals surface area contributed by atoms with E-state index in [2.05, 4.69) is 15.6 Å². The van der Waals surface area contributed by atoms with Gasteiger partial charge in [0.25, 0.3) is 0 Å². The Morgan fingerprint density at radius 2 is 2.07 bits per heavy atom. The molecule has 0 radical (unpaired) electrons. The standard InChI is InChI=1S/C19H16F2N4O2/c20-14-5-4-11(6-15(14)21)13-7-16(13)22-8-12-9-25(24-23-12)17-2-1-3-18-19(17)27-10-26-18/h1-6,9,13,16,22H,7-8,10H2/t13-,16+/m0/s1. The second-order valence-corrected chi connectivity index (χ2v) is 6.67. The van der Waals surface area contributed by atoms with Crippen LogP contribution in [0.4, 0.5) is 8.78 Å². The van der Waals surface area contributed by atoms with E-state index in [-0.39, 0.29) is 18.8 Å². The highest BCUT2D eigenvalue weighted by Gasteiger charge is 2.38. The van der Waals surface area contributed by atoms with E-state index in [1.807, 2.05) is 24.4 Å². The Hall–Kier alpha value is -3.00. The van der Waals surface area contributed by atoms with Gasteiger partial charge in [-0.15, -0.1) is 5.10 Å². The van der Waals surface area contributed by atoms with E-state index >= 15 is 0 Å². The molecule has 8 heteroatoms. The second kappa shape index (κ2) is 6.31. The molecule has 1 fully saturated rings. The Labute approximate surface area is 153 Å². The lowest BCUT2D eigenvalue weighted by atomic mass is 10.1. The smallest absolute Gasteiger partial charge is 0.231 e. The molecule has 0 amide bonds. The van der Waals surface area contributed by atoms with Crippen LogP contribution in [0.15, 0.2) is 42.6 Å². The van der Waals surface area contributed by atoms with Crippen LogP contribution in [0.2, 0.25) is 0 Å². The third-order valence-electron chi connectivity index (χ3n) is 4.87. The quantitative estimate of drug-likeness (QED) is 0.748. The number of nitrogens with zero attached hydrogens (tertiary/aromatic N) is 3. The lowest BCUT2D eigenvalue weighted by Gasteiger charge is -2.04. The fourth-order valence-electron chi connectivity index (χ4n) is 3.36. The Morgan fingerprint density at radius 3 is 2.96 bits per heavy atom. The summed E-state index contributed by atoms with van der Waals surface area (Å²) < 4.78 is 39.0. The zero-order valence-corrected chi connectivity index (χ0v) is 14.2. The van der Waals surface area contributed by atoms with E-state index in [4.69, 9.17) is 9.47 Å². The van der Waals surface area contributed by atoms with Crippen molar-refractivity contribution in [3.05, 3.63) is 65.5 Å². The number of ether oxygens (including phenoxy) is 2. The molecule has 1 saturated carbocycles. The summed E-state index contributed by atoms with van der Waals surface area (Å²) in [6.07, 6.45) is 2.72. The number of hydrogen-bond donors (Lipinski definition) is 1. The maximum Gasteiger partial charge on any atom is 0.231 e. The maximum absolute atomic E-state index is 13.4. The minimum absolute atomic E-state index is 0.193. The number of para-hydroxylation sites is 1. The largest absolute Gasteiger partial charge is 0.454 e. The van der Waals surface area contributed by atoms with E-state index in [1.165, 1.54) is 12.1 Å². The molecule has 5 rings (SSSR count). The van der Waals surface area contributed by atoms with E-state index in [1.54, 1.807) is 10.7 Å². The van der Waals surface area contributed by atoms with Gasteiger partial charge in [-0.25, -0.2) is 13.5 Å². The molecule has 1 aliphatic carbocycles. The minimum Gasteiger partial charge on any atom is -0.454 e. The zero-order valence-electron chi connectivity index (χ0n) is 14.2. The maximum atomic E-state index is 13.4. The first-order valence-corrected chi connectivity index (χ1v) is 8.67. The van der Waals surface area contributed by atoms with Gasteiger partial charge in [0, 0.05) is 18.5 Å². The van der Waals surface area contributed by atoms with Gasteiger partial charge in [-0.3, -0.25) is 0 Å². The third kappa shape index (κ3) is 3.02. The molecule has 6 nitrogen and oxygen atoms in total. The molecule has 2 aliphatic rings. The Bertz CT molecular complexity index is 1010. The molecule has 0 spiro atoms. The van der Waals surface area contributed by atoms with Crippen molar-refractivity contribution in [2.75, 3.05) is 6.79 Å². The average molecular weight is 370 g/mol. The van der Waals surface area contributed by atoms with E-state index in [0.29, 0.717) is 18.0 Å². The number of nitrogens with one attached hydrogen (secondary N) is 1. The van der Waals surface area contributed by atoms with E-state index in [0.717, 1.165) is 23.4 Å². The summed E-state index contributed by atoms with van der Waals surface area (Å²) in [5, 5.41) is 11.7. The zero-order chi connectivity index (χ0) is 18.4. The predicted octanol–water partition coefficient (Wildman–Crippen LogP) is 2.92. The molecule has 2 aromatic carbocycles. The molecular weight excluding hydrogens is 354 g/mol. The number of halogens is 2. The SMILES string of the molecule is Fc1ccc([C@@H]2C[C@H]2NCc2cn(-c3cccc4c3OCO4)nn2)cc1F. The summed E-state index contributed by atoms with van der Waals surface area (Å²) in [5.41, 5.74) is 2.37. The van der Waals surface area contributed by atoms with Crippen molar-refractivity contribution >= 4 is 0 Å². The lowest BCUT2D eigenvalue weighted by Crippen LogP contribution is -2.17. The number of hydrogen-bond acceptors (Lipinski definition) is 5. The molecule has 1 aliphatic heterocycles. The van der Waals surface area contributed by atoms with Crippen molar-refractivity contribution in [2.24, 2.45) is 0 Å². The fraction of sp³-hybridized carbons (Fsp3) is 0.263. The van der Waals surface area contributed by atoms with Crippen molar-refractivity contribution in [2.45, 2.75) is 24.9 Å². The molecule has 1 N–H and O–H groups in total. The van der Waals surface area contributed by atoms with Gasteiger partial charge in [-0.2, -0.15) is 0 Å². The van der Waals surface area contributed by atoms with Crippen molar-refractivity contribution in [3.63, 3.8) is 0 Å². The molecule has 27 heavy (non-hydrogen) atoms. The van der Waals surface area contributed by atoms with Crippen molar-refractivity contribution in [1.29, 1.82) is 0 Å². The third-order valence-corrected chi connectivity index (χ3v) is 4.87. The first-order valence-electron chi connectivity index (χ1n) is 8.67. The highest BCUT2D eigenvalue weighted by molar-refractivity contribution is 5.56. The Morgan fingerprint density at radius 1 is 1.15 bits per heavy atom. The van der Waals surface area contributed by atoms with Crippen LogP contribution in [-0.4, -0.2) is 27.8 Å². The molecule has 2 heterocycles. The first-order chi connectivity index (χ1) is 13.2. The highest BCUT2D eigenvalue weighted by Crippen LogP contribution is 2.41. The summed E-state index contributed by atoms with van der Waals surface area (Å²) in [6.45, 7) is 0.736. The van der Waals surface area contributed by atoms with Gasteiger partial charge in [0.05, 0.1) is 11.9 Å². The topological polar surface area (TPSA) is 61.2 Å². The summed E-state index contributed by atoms with van der Waals surface area (Å²) in [5.74, 6) is -0.0828. The monoisotopic (exact) mass is 370 g/mol. The molecule has 1 aromatic heterocycles. The van der Waals surface area contributed by atoms with Crippen LogP contribution in [0.25, 0.3) is 5.69 Å². The minimum atomic E-state index is -0.817. The van der Waals surface area contributed by atoms with Gasteiger partial charge in [-0.1, -0.05) is 17.3 Å². The van der Waals surface area contributed by atoms with E-state index < -0.39 is 11.6 Å². The molecule has 138 valence electrons. The fourth-order valence-corrected chi connectivity index (χ4v) is 3.36. The van der Waals surface area contributed by atoms with E-state index in [9.17, 15) is 8.78 Å². The van der Waals surface area contributed by atoms with Crippen LogP contribution in [-0.2, 0) is 6.54 Å². The van der Waals surface area contributed by atoms with Crippen LogP contribution < -0.4 is 14.8 Å². The van der Waals surface area contributed by atoms with Crippen molar-refractivity contribution in [1.82, 2.24) is 20.3 Å². The van der Waals surface area contributed by atoms with Crippen LogP contribution >= 0.6 is 0 Å². The lowest BCUT2D eigenvalue weighted by molar-refractivity contribution is 0.173. The van der Waals surface area contributed by atoms with Gasteiger partial charge in [0.15, 0.2) is 23.1 Å². The van der Waals surface area contributed by atoms with Gasteiger partial charge in [-0.05, 0) is 36.2 Å². The molecule has 3 aromatic rings. The number of aromatic nitrogens is 3. The average Bonchev–Trinajstić information content (AvgIpc) is 3.06. The molecule has 0 saturated heterocycles.